The quantitative estimate of drug-likeness (QED) is 0.860. The summed E-state index contributed by atoms with van der Waals surface area (Å²) in [7, 11) is 3.49. The lowest BCUT2D eigenvalue weighted by Crippen LogP contribution is -2.44. The van der Waals surface area contributed by atoms with Crippen molar-refractivity contribution in [3.63, 3.8) is 0 Å². The number of carbonyl (C=O) groups excluding carboxylic acids is 1. The second-order valence-corrected chi connectivity index (χ2v) is 4.93. The van der Waals surface area contributed by atoms with Crippen LogP contribution in [0.15, 0.2) is 24.3 Å². The number of carboxylic acid groups (broad SMARTS) is 1. The normalized spacial score (nSPS) is 13.9. The van der Waals surface area contributed by atoms with Crippen molar-refractivity contribution >= 4 is 23.5 Å². The monoisotopic (exact) mass is 284 g/mol. The lowest BCUT2D eigenvalue weighted by Gasteiger charge is -2.25. The molecule has 1 aromatic carbocycles. The third-order valence-electron chi connectivity index (χ3n) is 2.66. The van der Waals surface area contributed by atoms with Crippen molar-refractivity contribution in [3.05, 3.63) is 34.9 Å². The van der Waals surface area contributed by atoms with Gasteiger partial charge in [-0.15, -0.1) is 0 Å². The lowest BCUT2D eigenvalue weighted by atomic mass is 10.0. The van der Waals surface area contributed by atoms with Crippen molar-refractivity contribution in [1.29, 1.82) is 0 Å². The van der Waals surface area contributed by atoms with Crippen LogP contribution in [0.25, 0.3) is 0 Å². The number of likely N-dealkylation sites (N-methyl/N-ethyl adjacent to an activating group) is 1. The van der Waals surface area contributed by atoms with Gasteiger partial charge in [-0.05, 0) is 38.7 Å². The molecule has 1 aromatic rings. The molecule has 1 unspecified atom stereocenters. The Morgan fingerprint density at radius 2 is 2.00 bits per heavy atom. The van der Waals surface area contributed by atoms with Gasteiger partial charge in [-0.25, -0.2) is 0 Å². The Labute approximate surface area is 117 Å². The van der Waals surface area contributed by atoms with Crippen molar-refractivity contribution in [2.75, 3.05) is 14.1 Å². The Kier molecular flexibility index (Phi) is 5.32. The molecular formula is C13H17ClN2O3. The predicted molar refractivity (Wildman–Crippen MR) is 73.1 cm³/mol. The Morgan fingerprint density at radius 3 is 2.47 bits per heavy atom. The molecular weight excluding hydrogens is 268 g/mol. The van der Waals surface area contributed by atoms with Crippen LogP contribution in [0.2, 0.25) is 5.02 Å². The van der Waals surface area contributed by atoms with Gasteiger partial charge in [0, 0.05) is 5.02 Å². The van der Waals surface area contributed by atoms with Crippen LogP contribution in [0.3, 0.4) is 0 Å². The molecule has 0 spiro atoms. The Bertz CT molecular complexity index is 477. The molecule has 2 N–H and O–H groups in total. The summed E-state index contributed by atoms with van der Waals surface area (Å²) in [5, 5.41) is 11.8. The summed E-state index contributed by atoms with van der Waals surface area (Å²) >= 11 is 5.91. The van der Waals surface area contributed by atoms with Crippen LogP contribution in [0.1, 0.15) is 18.5 Å². The third kappa shape index (κ3) is 4.22. The minimum atomic E-state index is -1.07. The number of hydrogen-bond donors (Lipinski definition) is 2. The summed E-state index contributed by atoms with van der Waals surface area (Å²) in [6, 6.07) is 5.42. The summed E-state index contributed by atoms with van der Waals surface area (Å²) in [5.41, 5.74) is 0.715. The zero-order valence-electron chi connectivity index (χ0n) is 11.1. The molecule has 0 aliphatic rings. The largest absolute Gasteiger partial charge is 0.480 e. The number of amides is 1. The molecule has 2 atom stereocenters. The van der Waals surface area contributed by atoms with E-state index in [-0.39, 0.29) is 5.91 Å². The SMILES string of the molecule is C[C@@H](NC(=O)C(c1cccc(Cl)c1)N(C)C)C(=O)O. The predicted octanol–water partition coefficient (Wildman–Crippen LogP) is 1.53. The number of rotatable bonds is 5. The highest BCUT2D eigenvalue weighted by Gasteiger charge is 2.25. The summed E-state index contributed by atoms with van der Waals surface area (Å²) < 4.78 is 0. The van der Waals surface area contributed by atoms with Crippen molar-refractivity contribution < 1.29 is 14.7 Å². The smallest absolute Gasteiger partial charge is 0.325 e. The van der Waals surface area contributed by atoms with E-state index in [9.17, 15) is 9.59 Å². The molecule has 0 heterocycles. The van der Waals surface area contributed by atoms with Crippen LogP contribution in [0.4, 0.5) is 0 Å². The summed E-state index contributed by atoms with van der Waals surface area (Å²) in [6.45, 7) is 1.42. The first kappa shape index (κ1) is 15.5. The zero-order chi connectivity index (χ0) is 14.6. The van der Waals surface area contributed by atoms with Gasteiger partial charge in [0.15, 0.2) is 0 Å². The summed E-state index contributed by atoms with van der Waals surface area (Å²) in [6.07, 6.45) is 0. The van der Waals surface area contributed by atoms with E-state index >= 15 is 0 Å². The van der Waals surface area contributed by atoms with Gasteiger partial charge in [0.05, 0.1) is 0 Å². The van der Waals surface area contributed by atoms with E-state index in [0.717, 1.165) is 0 Å². The topological polar surface area (TPSA) is 69.6 Å². The molecule has 0 aliphatic carbocycles. The lowest BCUT2D eigenvalue weighted by molar-refractivity contribution is -0.142. The first-order valence-electron chi connectivity index (χ1n) is 5.78. The highest BCUT2D eigenvalue weighted by molar-refractivity contribution is 6.30. The van der Waals surface area contributed by atoms with E-state index in [1.54, 1.807) is 43.3 Å². The number of aliphatic carboxylic acids is 1. The number of benzene rings is 1. The highest BCUT2D eigenvalue weighted by atomic mass is 35.5. The Hall–Kier alpha value is -1.59. The molecule has 104 valence electrons. The van der Waals surface area contributed by atoms with Gasteiger partial charge < -0.3 is 10.4 Å². The van der Waals surface area contributed by atoms with Crippen LogP contribution >= 0.6 is 11.6 Å². The maximum atomic E-state index is 12.2. The van der Waals surface area contributed by atoms with Crippen LogP contribution in [-0.2, 0) is 9.59 Å². The minimum Gasteiger partial charge on any atom is -0.480 e. The van der Waals surface area contributed by atoms with Gasteiger partial charge in [0.2, 0.25) is 5.91 Å². The fraction of sp³-hybridized carbons (Fsp3) is 0.385. The maximum absolute atomic E-state index is 12.2. The molecule has 1 amide bonds. The van der Waals surface area contributed by atoms with Crippen molar-refractivity contribution in [2.45, 2.75) is 19.0 Å². The van der Waals surface area contributed by atoms with Crippen LogP contribution < -0.4 is 5.32 Å². The van der Waals surface area contributed by atoms with E-state index in [1.807, 2.05) is 0 Å². The Morgan fingerprint density at radius 1 is 1.37 bits per heavy atom. The molecule has 0 aromatic heterocycles. The van der Waals surface area contributed by atoms with Gasteiger partial charge in [-0.2, -0.15) is 0 Å². The van der Waals surface area contributed by atoms with Gasteiger partial charge >= 0.3 is 5.97 Å². The van der Waals surface area contributed by atoms with E-state index in [2.05, 4.69) is 5.32 Å². The van der Waals surface area contributed by atoms with Crippen LogP contribution in [0.5, 0.6) is 0 Å². The van der Waals surface area contributed by atoms with E-state index in [0.29, 0.717) is 10.6 Å². The second-order valence-electron chi connectivity index (χ2n) is 4.49. The number of nitrogens with one attached hydrogen (secondary N) is 1. The first-order chi connectivity index (χ1) is 8.82. The average molecular weight is 285 g/mol. The molecule has 5 nitrogen and oxygen atoms in total. The fourth-order valence-corrected chi connectivity index (χ4v) is 1.91. The molecule has 0 fully saturated rings. The van der Waals surface area contributed by atoms with Crippen LogP contribution in [0, 0.1) is 0 Å². The number of carboxylic acids is 1. The van der Waals surface area contributed by atoms with E-state index in [4.69, 9.17) is 16.7 Å². The molecule has 19 heavy (non-hydrogen) atoms. The number of hydrogen-bond acceptors (Lipinski definition) is 3. The molecule has 0 bridgehead atoms. The molecule has 0 aliphatic heterocycles. The Balaban J connectivity index is 2.95. The van der Waals surface area contributed by atoms with Crippen molar-refractivity contribution in [2.24, 2.45) is 0 Å². The minimum absolute atomic E-state index is 0.373. The van der Waals surface area contributed by atoms with Crippen LogP contribution in [-0.4, -0.2) is 42.0 Å². The average Bonchev–Trinajstić information content (AvgIpc) is 2.28. The number of nitrogens with zero attached hydrogens (tertiary/aromatic N) is 1. The van der Waals surface area contributed by atoms with Crippen molar-refractivity contribution in [1.82, 2.24) is 10.2 Å². The fourth-order valence-electron chi connectivity index (χ4n) is 1.71. The molecule has 0 saturated heterocycles. The van der Waals surface area contributed by atoms with Gasteiger partial charge in [-0.1, -0.05) is 23.7 Å². The second kappa shape index (κ2) is 6.54. The maximum Gasteiger partial charge on any atom is 0.325 e. The molecule has 1 rings (SSSR count). The van der Waals surface area contributed by atoms with Crippen molar-refractivity contribution in [3.8, 4) is 0 Å². The highest BCUT2D eigenvalue weighted by Crippen LogP contribution is 2.21. The third-order valence-corrected chi connectivity index (χ3v) is 2.89. The van der Waals surface area contributed by atoms with Gasteiger partial charge in [0.1, 0.15) is 12.1 Å². The summed E-state index contributed by atoms with van der Waals surface area (Å²) in [4.78, 5) is 24.6. The molecule has 0 saturated carbocycles. The van der Waals surface area contributed by atoms with E-state index in [1.165, 1.54) is 6.92 Å². The number of halogens is 1. The molecule has 0 radical (unpaired) electrons. The van der Waals surface area contributed by atoms with Gasteiger partial charge in [-0.3, -0.25) is 14.5 Å². The van der Waals surface area contributed by atoms with Gasteiger partial charge in [0.25, 0.3) is 0 Å². The first-order valence-corrected chi connectivity index (χ1v) is 6.15. The molecule has 6 heteroatoms. The van der Waals surface area contributed by atoms with E-state index < -0.39 is 18.1 Å². The summed E-state index contributed by atoms with van der Waals surface area (Å²) in [5.74, 6) is -1.45. The zero-order valence-corrected chi connectivity index (χ0v) is 11.8. The number of carbonyl (C=O) groups is 2. The standard InChI is InChI=1S/C13H17ClN2O3/c1-8(13(18)19)15-12(17)11(16(2)3)9-5-4-6-10(14)7-9/h4-8,11H,1-3H3,(H,15,17)(H,18,19)/t8-,11?/m1/s1.